The van der Waals surface area contributed by atoms with Gasteiger partial charge in [0.1, 0.15) is 5.58 Å². The summed E-state index contributed by atoms with van der Waals surface area (Å²) >= 11 is 0. The summed E-state index contributed by atoms with van der Waals surface area (Å²) in [5.41, 5.74) is 4.53. The number of aryl methyl sites for hydroxylation is 1. The molecule has 27 heavy (non-hydrogen) atoms. The molecule has 2 aromatic carbocycles. The first-order valence-electron chi connectivity index (χ1n) is 8.90. The largest absolute Gasteiger partial charge is 0.466 e. The minimum Gasteiger partial charge on any atom is -0.466 e. The highest BCUT2D eigenvalue weighted by atomic mass is 16.5. The quantitative estimate of drug-likeness (QED) is 0.356. The Kier molecular flexibility index (Phi) is 6.72. The molecule has 4 heteroatoms. The van der Waals surface area contributed by atoms with Crippen molar-refractivity contribution in [3.8, 4) is 11.1 Å². The van der Waals surface area contributed by atoms with Crippen LogP contribution in [0.2, 0.25) is 0 Å². The van der Waals surface area contributed by atoms with Crippen molar-refractivity contribution in [1.82, 2.24) is 0 Å². The minimum atomic E-state index is -0.423. The van der Waals surface area contributed by atoms with E-state index in [1.54, 1.807) is 13.0 Å². The van der Waals surface area contributed by atoms with Crippen molar-refractivity contribution in [2.24, 2.45) is 0 Å². The summed E-state index contributed by atoms with van der Waals surface area (Å²) in [4.78, 5) is 23.5. The second-order valence-electron chi connectivity index (χ2n) is 5.86. The molecule has 0 atom stereocenters. The zero-order valence-electron chi connectivity index (χ0n) is 16.3. The maximum atomic E-state index is 12.0. The average Bonchev–Trinajstić information content (AvgIpc) is 2.68. The fourth-order valence-corrected chi connectivity index (χ4v) is 2.82. The van der Waals surface area contributed by atoms with Crippen LogP contribution in [0.25, 0.3) is 27.7 Å². The molecule has 140 valence electrons. The Labute approximate surface area is 159 Å². The monoisotopic (exact) mass is 364 g/mol. The molecule has 4 nitrogen and oxygen atoms in total. The number of benzene rings is 2. The lowest BCUT2D eigenvalue weighted by Gasteiger charge is -2.10. The van der Waals surface area contributed by atoms with Gasteiger partial charge in [-0.2, -0.15) is 0 Å². The van der Waals surface area contributed by atoms with E-state index in [9.17, 15) is 9.59 Å². The van der Waals surface area contributed by atoms with Gasteiger partial charge in [-0.25, -0.2) is 9.59 Å². The molecular weight excluding hydrogens is 340 g/mol. The van der Waals surface area contributed by atoms with Crippen molar-refractivity contribution in [1.29, 1.82) is 0 Å². The molecule has 0 bridgehead atoms. The zero-order valence-corrected chi connectivity index (χ0v) is 16.3. The maximum Gasteiger partial charge on any atom is 0.336 e. The average molecular weight is 364 g/mol. The highest BCUT2D eigenvalue weighted by Crippen LogP contribution is 2.31. The number of allylic oxidation sites excluding steroid dienone is 1. The number of ether oxygens (including phenoxy) is 1. The van der Waals surface area contributed by atoms with Crippen molar-refractivity contribution in [2.45, 2.75) is 27.7 Å². The Morgan fingerprint density at radius 1 is 1.04 bits per heavy atom. The fraction of sp³-hybridized carbons (Fsp3) is 0.217. The third-order valence-corrected chi connectivity index (χ3v) is 4.17. The van der Waals surface area contributed by atoms with Crippen LogP contribution in [0.1, 0.15) is 31.9 Å². The van der Waals surface area contributed by atoms with Crippen molar-refractivity contribution in [3.05, 3.63) is 76.2 Å². The number of hydrogen-bond donors (Lipinski definition) is 0. The third kappa shape index (κ3) is 4.53. The Morgan fingerprint density at radius 2 is 1.74 bits per heavy atom. The van der Waals surface area contributed by atoms with E-state index in [-0.39, 0.29) is 0 Å². The summed E-state index contributed by atoms with van der Waals surface area (Å²) in [6.45, 7) is 7.81. The van der Waals surface area contributed by atoms with Gasteiger partial charge < -0.3 is 9.15 Å². The van der Waals surface area contributed by atoms with E-state index in [2.05, 4.69) is 4.74 Å². The molecule has 0 aliphatic heterocycles. The van der Waals surface area contributed by atoms with E-state index in [0.717, 1.165) is 33.2 Å². The van der Waals surface area contributed by atoms with Crippen molar-refractivity contribution in [3.63, 3.8) is 0 Å². The van der Waals surface area contributed by atoms with Gasteiger partial charge in [0.2, 0.25) is 0 Å². The SMILES string of the molecule is CC.COC(=O)/C=C(\C)c1ccc2c(-c3ccccc3C)cc(=O)oc2c1. The van der Waals surface area contributed by atoms with Gasteiger partial charge in [0, 0.05) is 23.1 Å². The summed E-state index contributed by atoms with van der Waals surface area (Å²) in [5.74, 6) is -0.423. The minimum absolute atomic E-state index is 0.405. The second kappa shape index (κ2) is 8.99. The van der Waals surface area contributed by atoms with E-state index in [1.165, 1.54) is 19.3 Å². The summed E-state index contributed by atoms with van der Waals surface area (Å²) in [6.07, 6.45) is 1.41. The summed E-state index contributed by atoms with van der Waals surface area (Å²) in [7, 11) is 1.33. The van der Waals surface area contributed by atoms with Crippen LogP contribution in [0, 0.1) is 6.92 Å². The number of esters is 1. The number of carbonyl (C=O) groups is 1. The standard InChI is InChI=1S/C21H18O4.C2H6/c1-13-6-4-5-7-16(13)18-12-21(23)25-19-11-15(8-9-17(18)19)14(2)10-20(22)24-3;1-2/h4-12H,1-3H3;1-2H3/b14-10+;. The van der Waals surface area contributed by atoms with Gasteiger partial charge in [0.05, 0.1) is 7.11 Å². The number of rotatable bonds is 3. The van der Waals surface area contributed by atoms with Crippen molar-refractivity contribution < 1.29 is 13.9 Å². The van der Waals surface area contributed by atoms with Gasteiger partial charge in [-0.05, 0) is 48.2 Å². The molecule has 0 fully saturated rings. The molecule has 0 amide bonds. The molecule has 3 aromatic rings. The Hall–Kier alpha value is -3.14. The highest BCUT2D eigenvalue weighted by molar-refractivity contribution is 5.97. The van der Waals surface area contributed by atoms with Crippen LogP contribution in [-0.2, 0) is 9.53 Å². The van der Waals surface area contributed by atoms with E-state index < -0.39 is 11.6 Å². The Balaban J connectivity index is 0.00000126. The van der Waals surface area contributed by atoms with Crippen LogP contribution in [-0.4, -0.2) is 13.1 Å². The molecular formula is C23H24O4. The topological polar surface area (TPSA) is 56.5 Å². The molecule has 1 aromatic heterocycles. The highest BCUT2D eigenvalue weighted by Gasteiger charge is 2.11. The normalized spacial score (nSPS) is 10.9. The predicted octanol–water partition coefficient (Wildman–Crippen LogP) is 5.37. The molecule has 0 aliphatic carbocycles. The van der Waals surface area contributed by atoms with Crippen LogP contribution in [0.4, 0.5) is 0 Å². The lowest BCUT2D eigenvalue weighted by molar-refractivity contribution is -0.134. The maximum absolute atomic E-state index is 12.0. The zero-order chi connectivity index (χ0) is 20.0. The Bertz CT molecular complexity index is 1040. The number of methoxy groups -OCH3 is 1. The van der Waals surface area contributed by atoms with Crippen molar-refractivity contribution >= 4 is 22.5 Å². The first kappa shape index (κ1) is 20.2. The van der Waals surface area contributed by atoms with Crippen LogP contribution >= 0.6 is 0 Å². The third-order valence-electron chi connectivity index (χ3n) is 4.17. The predicted molar refractivity (Wildman–Crippen MR) is 110 cm³/mol. The summed E-state index contributed by atoms with van der Waals surface area (Å²) in [5, 5.41) is 0.850. The summed E-state index contributed by atoms with van der Waals surface area (Å²) in [6, 6.07) is 15.0. The second-order valence-corrected chi connectivity index (χ2v) is 5.86. The molecule has 0 aliphatic rings. The number of fused-ring (bicyclic) bond motifs is 1. The molecule has 0 spiro atoms. The van der Waals surface area contributed by atoms with Crippen LogP contribution in [0.5, 0.6) is 0 Å². The van der Waals surface area contributed by atoms with Crippen molar-refractivity contribution in [2.75, 3.05) is 7.11 Å². The van der Waals surface area contributed by atoms with Gasteiger partial charge in [-0.1, -0.05) is 44.2 Å². The van der Waals surface area contributed by atoms with Gasteiger partial charge in [0.25, 0.3) is 0 Å². The smallest absolute Gasteiger partial charge is 0.336 e. The molecule has 3 rings (SSSR count). The lowest BCUT2D eigenvalue weighted by Crippen LogP contribution is -2.00. The number of hydrogen-bond acceptors (Lipinski definition) is 4. The first-order chi connectivity index (χ1) is 13.0. The molecule has 0 saturated heterocycles. The molecule has 0 saturated carbocycles. The van der Waals surface area contributed by atoms with Crippen LogP contribution < -0.4 is 5.63 Å². The fourth-order valence-electron chi connectivity index (χ4n) is 2.82. The molecule has 1 heterocycles. The van der Waals surface area contributed by atoms with Gasteiger partial charge in [-0.3, -0.25) is 0 Å². The molecule has 0 unspecified atom stereocenters. The number of carbonyl (C=O) groups excluding carboxylic acids is 1. The van der Waals surface area contributed by atoms with E-state index >= 15 is 0 Å². The summed E-state index contributed by atoms with van der Waals surface area (Å²) < 4.78 is 10.0. The van der Waals surface area contributed by atoms with E-state index in [1.807, 2.05) is 57.2 Å². The lowest BCUT2D eigenvalue weighted by atomic mass is 9.96. The molecule has 0 radical (unpaired) electrons. The van der Waals surface area contributed by atoms with Gasteiger partial charge in [-0.15, -0.1) is 0 Å². The van der Waals surface area contributed by atoms with E-state index in [4.69, 9.17) is 4.42 Å². The Morgan fingerprint density at radius 3 is 2.41 bits per heavy atom. The van der Waals surface area contributed by atoms with Crippen LogP contribution in [0.3, 0.4) is 0 Å². The van der Waals surface area contributed by atoms with Gasteiger partial charge in [0.15, 0.2) is 0 Å². The van der Waals surface area contributed by atoms with Crippen LogP contribution in [0.15, 0.2) is 63.8 Å². The first-order valence-corrected chi connectivity index (χ1v) is 8.90. The molecule has 0 N–H and O–H groups in total. The van der Waals surface area contributed by atoms with Gasteiger partial charge >= 0.3 is 11.6 Å². The van der Waals surface area contributed by atoms with E-state index in [0.29, 0.717) is 5.58 Å².